The molecular formula is C15H20N2O2. The lowest BCUT2D eigenvalue weighted by Gasteiger charge is -2.30. The quantitative estimate of drug-likeness (QED) is 0.921. The fraction of sp³-hybridized carbons (Fsp3) is 0.533. The summed E-state index contributed by atoms with van der Waals surface area (Å²) in [7, 11) is 1.70. The Balaban J connectivity index is 1.96. The molecule has 102 valence electrons. The number of hydrogen-bond acceptors (Lipinski definition) is 4. The number of aromatic nitrogens is 1. The summed E-state index contributed by atoms with van der Waals surface area (Å²) in [6.45, 7) is 4.91. The molecule has 3 rings (SSSR count). The lowest BCUT2D eigenvalue weighted by atomic mass is 9.81. The first-order valence-corrected chi connectivity index (χ1v) is 6.81. The fourth-order valence-electron chi connectivity index (χ4n) is 2.68. The Hall–Kier alpha value is -1.39. The second kappa shape index (κ2) is 4.94. The molecule has 0 amide bonds. The van der Waals surface area contributed by atoms with Crippen molar-refractivity contribution in [2.45, 2.75) is 31.8 Å². The minimum atomic E-state index is 0.0612. The van der Waals surface area contributed by atoms with Gasteiger partial charge in [-0.3, -0.25) is 0 Å². The van der Waals surface area contributed by atoms with E-state index in [1.165, 1.54) is 0 Å². The number of oxazole rings is 1. The number of nitrogens with zero attached hydrogens (tertiary/aromatic N) is 1. The number of benzene rings is 1. The molecule has 19 heavy (non-hydrogen) atoms. The number of piperidine rings is 1. The maximum absolute atomic E-state index is 6.00. The lowest BCUT2D eigenvalue weighted by Crippen LogP contribution is -2.37. The second-order valence-electron chi connectivity index (χ2n) is 5.56. The van der Waals surface area contributed by atoms with Gasteiger partial charge < -0.3 is 14.5 Å². The van der Waals surface area contributed by atoms with E-state index in [0.29, 0.717) is 6.61 Å². The average Bonchev–Trinajstić information content (AvgIpc) is 2.84. The first kappa shape index (κ1) is 12.6. The first-order chi connectivity index (χ1) is 9.21. The molecule has 4 nitrogen and oxygen atoms in total. The third-order valence-corrected chi connectivity index (χ3v) is 3.99. The average molecular weight is 260 g/mol. The van der Waals surface area contributed by atoms with E-state index in [2.05, 4.69) is 17.2 Å². The standard InChI is InChI=1S/C15H20N2O2/c1-15(5-7-16-8-6-15)14-17-12-4-3-11(10-18-2)9-13(12)19-14/h3-4,9,16H,5-8,10H2,1-2H3. The molecule has 0 aliphatic carbocycles. The molecule has 0 atom stereocenters. The molecule has 1 aliphatic rings. The van der Waals surface area contributed by atoms with Crippen molar-refractivity contribution in [3.63, 3.8) is 0 Å². The molecule has 0 saturated carbocycles. The highest BCUT2D eigenvalue weighted by Gasteiger charge is 2.33. The van der Waals surface area contributed by atoms with Crippen LogP contribution in [0.4, 0.5) is 0 Å². The Kier molecular flexibility index (Phi) is 3.29. The van der Waals surface area contributed by atoms with E-state index in [9.17, 15) is 0 Å². The van der Waals surface area contributed by atoms with E-state index in [1.54, 1.807) is 7.11 Å². The van der Waals surface area contributed by atoms with Gasteiger partial charge in [-0.05, 0) is 43.6 Å². The summed E-state index contributed by atoms with van der Waals surface area (Å²) in [6, 6.07) is 6.09. The third kappa shape index (κ3) is 2.38. The Bertz CT molecular complexity index is 571. The molecule has 1 aromatic heterocycles. The number of fused-ring (bicyclic) bond motifs is 1. The molecule has 1 N–H and O–H groups in total. The van der Waals surface area contributed by atoms with Crippen LogP contribution in [0.25, 0.3) is 11.1 Å². The van der Waals surface area contributed by atoms with Gasteiger partial charge in [0, 0.05) is 12.5 Å². The van der Waals surface area contributed by atoms with Crippen LogP contribution in [0.1, 0.15) is 31.2 Å². The normalized spacial score (nSPS) is 18.8. The molecule has 2 aromatic rings. The SMILES string of the molecule is COCc1ccc2nc(C3(C)CCNCC3)oc2c1. The minimum Gasteiger partial charge on any atom is -0.440 e. The Morgan fingerprint density at radius 1 is 1.37 bits per heavy atom. The molecule has 1 saturated heterocycles. The van der Waals surface area contributed by atoms with E-state index in [-0.39, 0.29) is 5.41 Å². The van der Waals surface area contributed by atoms with Crippen LogP contribution in [0.2, 0.25) is 0 Å². The van der Waals surface area contributed by atoms with Crippen molar-refractivity contribution in [3.05, 3.63) is 29.7 Å². The van der Waals surface area contributed by atoms with Crippen molar-refractivity contribution in [1.29, 1.82) is 0 Å². The Labute approximate surface area is 113 Å². The number of hydrogen-bond donors (Lipinski definition) is 1. The maximum atomic E-state index is 6.00. The molecule has 4 heteroatoms. The van der Waals surface area contributed by atoms with E-state index in [4.69, 9.17) is 9.15 Å². The largest absolute Gasteiger partial charge is 0.440 e. The van der Waals surface area contributed by atoms with Crippen molar-refractivity contribution < 1.29 is 9.15 Å². The monoisotopic (exact) mass is 260 g/mol. The predicted octanol–water partition coefficient (Wildman–Crippen LogP) is 2.62. The van der Waals surface area contributed by atoms with Gasteiger partial charge in [0.05, 0.1) is 6.61 Å². The van der Waals surface area contributed by atoms with Crippen LogP contribution in [0.3, 0.4) is 0 Å². The van der Waals surface area contributed by atoms with Crippen LogP contribution in [0, 0.1) is 0 Å². The maximum Gasteiger partial charge on any atom is 0.201 e. The zero-order valence-corrected chi connectivity index (χ0v) is 11.5. The molecule has 2 heterocycles. The van der Waals surface area contributed by atoms with Crippen LogP contribution >= 0.6 is 0 Å². The highest BCUT2D eigenvalue weighted by atomic mass is 16.5. The van der Waals surface area contributed by atoms with E-state index in [1.807, 2.05) is 18.2 Å². The summed E-state index contributed by atoms with van der Waals surface area (Å²) >= 11 is 0. The number of rotatable bonds is 3. The van der Waals surface area contributed by atoms with Gasteiger partial charge >= 0.3 is 0 Å². The van der Waals surface area contributed by atoms with E-state index >= 15 is 0 Å². The van der Waals surface area contributed by atoms with E-state index in [0.717, 1.165) is 48.5 Å². The molecule has 1 fully saturated rings. The summed E-state index contributed by atoms with van der Waals surface area (Å²) in [4.78, 5) is 4.67. The van der Waals surface area contributed by atoms with Gasteiger partial charge in [-0.1, -0.05) is 13.0 Å². The number of nitrogens with one attached hydrogen (secondary N) is 1. The van der Waals surface area contributed by atoms with Gasteiger partial charge in [-0.15, -0.1) is 0 Å². The molecule has 1 aliphatic heterocycles. The molecule has 0 radical (unpaired) electrons. The van der Waals surface area contributed by atoms with Gasteiger partial charge in [-0.25, -0.2) is 4.98 Å². The van der Waals surface area contributed by atoms with Crippen molar-refractivity contribution in [2.75, 3.05) is 20.2 Å². The van der Waals surface area contributed by atoms with E-state index < -0.39 is 0 Å². The van der Waals surface area contributed by atoms with Crippen LogP contribution in [-0.2, 0) is 16.8 Å². The van der Waals surface area contributed by atoms with Crippen LogP contribution in [0.15, 0.2) is 22.6 Å². The Morgan fingerprint density at radius 2 is 2.16 bits per heavy atom. The second-order valence-corrected chi connectivity index (χ2v) is 5.56. The Morgan fingerprint density at radius 3 is 2.89 bits per heavy atom. The molecular weight excluding hydrogens is 240 g/mol. The molecule has 0 bridgehead atoms. The van der Waals surface area contributed by atoms with Crippen molar-refractivity contribution in [2.24, 2.45) is 0 Å². The lowest BCUT2D eigenvalue weighted by molar-refractivity contribution is 0.185. The summed E-state index contributed by atoms with van der Waals surface area (Å²) in [6.07, 6.45) is 2.15. The van der Waals surface area contributed by atoms with Crippen LogP contribution < -0.4 is 5.32 Å². The summed E-state index contributed by atoms with van der Waals surface area (Å²) < 4.78 is 11.2. The van der Waals surface area contributed by atoms with Gasteiger partial charge in [0.2, 0.25) is 5.89 Å². The first-order valence-electron chi connectivity index (χ1n) is 6.81. The van der Waals surface area contributed by atoms with Crippen molar-refractivity contribution >= 4 is 11.1 Å². The van der Waals surface area contributed by atoms with Crippen LogP contribution in [-0.4, -0.2) is 25.2 Å². The van der Waals surface area contributed by atoms with Crippen molar-refractivity contribution in [1.82, 2.24) is 10.3 Å². The zero-order chi connectivity index (χ0) is 13.3. The van der Waals surface area contributed by atoms with Crippen LogP contribution in [0.5, 0.6) is 0 Å². The highest BCUT2D eigenvalue weighted by Crippen LogP contribution is 2.34. The summed E-state index contributed by atoms with van der Waals surface area (Å²) in [5.74, 6) is 0.874. The molecule has 1 aromatic carbocycles. The minimum absolute atomic E-state index is 0.0612. The van der Waals surface area contributed by atoms with Gasteiger partial charge in [0.1, 0.15) is 5.52 Å². The van der Waals surface area contributed by atoms with Crippen molar-refractivity contribution in [3.8, 4) is 0 Å². The predicted molar refractivity (Wildman–Crippen MR) is 74.2 cm³/mol. The summed E-state index contributed by atoms with van der Waals surface area (Å²) in [5, 5.41) is 3.38. The smallest absolute Gasteiger partial charge is 0.201 e. The topological polar surface area (TPSA) is 47.3 Å². The van der Waals surface area contributed by atoms with Gasteiger partial charge in [-0.2, -0.15) is 0 Å². The fourth-order valence-corrected chi connectivity index (χ4v) is 2.68. The highest BCUT2D eigenvalue weighted by molar-refractivity contribution is 5.73. The zero-order valence-electron chi connectivity index (χ0n) is 11.5. The number of ether oxygens (including phenoxy) is 1. The summed E-state index contributed by atoms with van der Waals surface area (Å²) in [5.41, 5.74) is 2.98. The van der Waals surface area contributed by atoms with Gasteiger partial charge in [0.25, 0.3) is 0 Å². The van der Waals surface area contributed by atoms with Gasteiger partial charge in [0.15, 0.2) is 5.58 Å². The number of methoxy groups -OCH3 is 1. The molecule has 0 unspecified atom stereocenters. The molecule has 0 spiro atoms. The third-order valence-electron chi connectivity index (χ3n) is 3.99.